The number of ether oxygens (including phenoxy) is 2. The fraction of sp³-hybridized carbons (Fsp3) is 0.273. The molecule has 0 bridgehead atoms. The number of benzene rings is 2. The van der Waals surface area contributed by atoms with Crippen molar-refractivity contribution in [3.05, 3.63) is 64.9 Å². The molecular formula is C22H21F2NO5. The summed E-state index contributed by atoms with van der Waals surface area (Å²) in [6, 6.07) is 6.36. The van der Waals surface area contributed by atoms with Gasteiger partial charge < -0.3 is 14.6 Å². The predicted molar refractivity (Wildman–Crippen MR) is 106 cm³/mol. The fourth-order valence-electron chi connectivity index (χ4n) is 3.45. The van der Waals surface area contributed by atoms with E-state index in [9.17, 15) is 23.5 Å². The molecule has 0 aliphatic carbocycles. The molecule has 2 aromatic rings. The lowest BCUT2D eigenvalue weighted by molar-refractivity contribution is -0.118. The van der Waals surface area contributed by atoms with Gasteiger partial charge in [-0.15, -0.1) is 0 Å². The van der Waals surface area contributed by atoms with Gasteiger partial charge in [0.15, 0.2) is 23.0 Å². The Bertz CT molecular complexity index is 1030. The van der Waals surface area contributed by atoms with Crippen LogP contribution < -0.4 is 14.4 Å². The second-order valence-electron chi connectivity index (χ2n) is 6.56. The maximum absolute atomic E-state index is 14.6. The number of nitrogens with zero attached hydrogens (tertiary/aromatic N) is 1. The highest BCUT2D eigenvalue weighted by Gasteiger charge is 2.45. The fourth-order valence-corrected chi connectivity index (χ4v) is 3.45. The summed E-state index contributed by atoms with van der Waals surface area (Å²) < 4.78 is 38.8. The molecular weight excluding hydrogens is 396 g/mol. The molecule has 1 atom stereocenters. The zero-order chi connectivity index (χ0) is 22.0. The number of rotatable bonds is 7. The maximum atomic E-state index is 14.6. The van der Waals surface area contributed by atoms with Crippen molar-refractivity contribution in [2.45, 2.75) is 26.3 Å². The number of amides is 1. The first-order valence-electron chi connectivity index (χ1n) is 9.39. The van der Waals surface area contributed by atoms with Crippen LogP contribution in [0.3, 0.4) is 0 Å². The summed E-state index contributed by atoms with van der Waals surface area (Å²) in [7, 11) is 1.47. The van der Waals surface area contributed by atoms with E-state index in [4.69, 9.17) is 9.47 Å². The van der Waals surface area contributed by atoms with Crippen LogP contribution in [0.5, 0.6) is 11.5 Å². The van der Waals surface area contributed by atoms with Crippen LogP contribution in [-0.4, -0.2) is 30.5 Å². The number of anilines is 1. The summed E-state index contributed by atoms with van der Waals surface area (Å²) in [5.41, 5.74) is -0.0124. The van der Waals surface area contributed by atoms with Crippen molar-refractivity contribution >= 4 is 17.4 Å². The number of methoxy groups -OCH3 is 1. The van der Waals surface area contributed by atoms with E-state index in [1.54, 1.807) is 32.0 Å². The smallest absolute Gasteiger partial charge is 0.294 e. The minimum atomic E-state index is -1.12. The third-order valence-corrected chi connectivity index (χ3v) is 4.80. The number of ketones is 1. The van der Waals surface area contributed by atoms with Crippen LogP contribution in [0.4, 0.5) is 14.5 Å². The zero-order valence-electron chi connectivity index (χ0n) is 16.7. The molecule has 158 valence electrons. The van der Waals surface area contributed by atoms with E-state index in [0.29, 0.717) is 29.7 Å². The lowest BCUT2D eigenvalue weighted by Crippen LogP contribution is -2.31. The van der Waals surface area contributed by atoms with Crippen molar-refractivity contribution in [1.82, 2.24) is 0 Å². The number of carbonyl (C=O) groups is 2. The second kappa shape index (κ2) is 8.52. The van der Waals surface area contributed by atoms with Crippen LogP contribution >= 0.6 is 0 Å². The lowest BCUT2D eigenvalue weighted by atomic mass is 9.94. The minimum absolute atomic E-state index is 0.0252. The Morgan fingerprint density at radius 3 is 2.47 bits per heavy atom. The van der Waals surface area contributed by atoms with Crippen molar-refractivity contribution < 1.29 is 33.0 Å². The zero-order valence-corrected chi connectivity index (χ0v) is 16.7. The van der Waals surface area contributed by atoms with Gasteiger partial charge in [0, 0.05) is 12.5 Å². The summed E-state index contributed by atoms with van der Waals surface area (Å²) in [6.45, 7) is 3.70. The van der Waals surface area contributed by atoms with E-state index in [1.807, 2.05) is 0 Å². The summed E-state index contributed by atoms with van der Waals surface area (Å²) >= 11 is 0. The van der Waals surface area contributed by atoms with Crippen molar-refractivity contribution in [3.8, 4) is 11.5 Å². The Morgan fingerprint density at radius 1 is 1.13 bits per heavy atom. The van der Waals surface area contributed by atoms with Crippen LogP contribution in [0.25, 0.3) is 0 Å². The predicted octanol–water partition coefficient (Wildman–Crippen LogP) is 4.25. The Morgan fingerprint density at radius 2 is 1.87 bits per heavy atom. The van der Waals surface area contributed by atoms with E-state index >= 15 is 0 Å². The number of carbonyl (C=O) groups excluding carboxylic acids is 2. The first-order valence-corrected chi connectivity index (χ1v) is 9.39. The van der Waals surface area contributed by atoms with Gasteiger partial charge in [-0.2, -0.15) is 0 Å². The van der Waals surface area contributed by atoms with Gasteiger partial charge in [-0.3, -0.25) is 14.5 Å². The molecule has 1 amide bonds. The van der Waals surface area contributed by atoms with Crippen molar-refractivity contribution in [2.75, 3.05) is 18.6 Å². The van der Waals surface area contributed by atoms with Gasteiger partial charge in [0.1, 0.15) is 11.6 Å². The van der Waals surface area contributed by atoms with Crippen molar-refractivity contribution in [3.63, 3.8) is 0 Å². The van der Waals surface area contributed by atoms with Crippen LogP contribution in [0.2, 0.25) is 0 Å². The molecule has 0 aromatic heterocycles. The molecule has 1 aliphatic heterocycles. The maximum Gasteiger partial charge on any atom is 0.294 e. The van der Waals surface area contributed by atoms with Crippen molar-refractivity contribution in [2.24, 2.45) is 0 Å². The Balaban J connectivity index is 2.22. The number of aliphatic hydroxyl groups excluding tert-OH is 1. The lowest BCUT2D eigenvalue weighted by Gasteiger charge is -2.27. The number of halogens is 2. The van der Waals surface area contributed by atoms with E-state index in [1.165, 1.54) is 7.11 Å². The van der Waals surface area contributed by atoms with Crippen LogP contribution in [0.15, 0.2) is 47.7 Å². The number of aliphatic hydroxyl groups is 1. The molecule has 0 fully saturated rings. The molecule has 3 rings (SSSR count). The van der Waals surface area contributed by atoms with E-state index in [-0.39, 0.29) is 17.7 Å². The van der Waals surface area contributed by atoms with Crippen molar-refractivity contribution in [1.29, 1.82) is 0 Å². The molecule has 1 unspecified atom stereocenters. The Labute approximate surface area is 172 Å². The highest BCUT2D eigenvalue weighted by molar-refractivity contribution is 6.16. The highest BCUT2D eigenvalue weighted by atomic mass is 19.1. The third kappa shape index (κ3) is 3.60. The third-order valence-electron chi connectivity index (χ3n) is 4.80. The molecule has 2 aromatic carbocycles. The van der Waals surface area contributed by atoms with Crippen LogP contribution in [-0.2, 0) is 9.59 Å². The Hall–Kier alpha value is -3.42. The summed E-state index contributed by atoms with van der Waals surface area (Å²) in [5.74, 6) is -3.19. The van der Waals surface area contributed by atoms with Gasteiger partial charge >= 0.3 is 0 Å². The Kier molecular flexibility index (Phi) is 6.05. The first-order chi connectivity index (χ1) is 14.3. The number of hydrogen-bond acceptors (Lipinski definition) is 5. The number of Topliss-reactive ketones (excluding diaryl/α,β-unsaturated/α-hetero) is 1. The van der Waals surface area contributed by atoms with Gasteiger partial charge in [-0.1, -0.05) is 13.0 Å². The minimum Gasteiger partial charge on any atom is -0.503 e. The molecule has 1 aliphatic rings. The van der Waals surface area contributed by atoms with Gasteiger partial charge in [0.2, 0.25) is 0 Å². The average Bonchev–Trinajstić information content (AvgIpc) is 2.98. The summed E-state index contributed by atoms with van der Waals surface area (Å²) in [5, 5.41) is 10.5. The SMILES string of the molecule is CCOc1cc(C2C(C(=O)CC)=C(O)C(=O)N2c2ccc(F)cc2F)ccc1OC. The van der Waals surface area contributed by atoms with Gasteiger partial charge in [-0.05, 0) is 36.8 Å². The monoisotopic (exact) mass is 417 g/mol. The average molecular weight is 417 g/mol. The van der Waals surface area contributed by atoms with E-state index in [2.05, 4.69) is 0 Å². The van der Waals surface area contributed by atoms with Gasteiger partial charge in [0.25, 0.3) is 5.91 Å². The highest BCUT2D eigenvalue weighted by Crippen LogP contribution is 2.44. The molecule has 1 heterocycles. The first kappa shape index (κ1) is 21.3. The second-order valence-corrected chi connectivity index (χ2v) is 6.56. The van der Waals surface area contributed by atoms with Gasteiger partial charge in [0.05, 0.1) is 31.0 Å². The van der Waals surface area contributed by atoms with E-state index in [0.717, 1.165) is 17.0 Å². The summed E-state index contributed by atoms with van der Waals surface area (Å²) in [6.07, 6.45) is 0.0252. The van der Waals surface area contributed by atoms with Gasteiger partial charge in [-0.25, -0.2) is 8.78 Å². The largest absolute Gasteiger partial charge is 0.503 e. The normalized spacial score (nSPS) is 16.2. The van der Waals surface area contributed by atoms with E-state index < -0.39 is 35.1 Å². The molecule has 0 radical (unpaired) electrons. The molecule has 30 heavy (non-hydrogen) atoms. The number of hydrogen-bond donors (Lipinski definition) is 1. The molecule has 0 spiro atoms. The molecule has 1 N–H and O–H groups in total. The quantitative estimate of drug-likeness (QED) is 0.729. The molecule has 0 saturated heterocycles. The van der Waals surface area contributed by atoms with Crippen LogP contribution in [0.1, 0.15) is 31.9 Å². The standard InChI is InChI=1S/C22H21F2NO5/c1-4-16(26)19-20(12-6-9-17(29-3)18(10-12)30-5-2)25(22(28)21(19)27)15-8-7-13(23)11-14(15)24/h6-11,20,27H,4-5H2,1-3H3. The molecule has 6 nitrogen and oxygen atoms in total. The molecule has 0 saturated carbocycles. The molecule has 8 heteroatoms. The van der Waals surface area contributed by atoms with Crippen LogP contribution in [0, 0.1) is 11.6 Å². The summed E-state index contributed by atoms with van der Waals surface area (Å²) in [4.78, 5) is 26.4. The topological polar surface area (TPSA) is 76.1 Å².